The van der Waals surface area contributed by atoms with Gasteiger partial charge in [0, 0.05) is 18.2 Å². The Kier molecular flexibility index (Phi) is 7.46. The van der Waals surface area contributed by atoms with Crippen LogP contribution < -0.4 is 16.0 Å². The maximum absolute atomic E-state index is 11.6. The molecule has 1 aromatic rings. The average molecular weight is 291 g/mol. The number of nitrogens with one attached hydrogen (secondary N) is 3. The number of rotatable bonds is 8. The van der Waals surface area contributed by atoms with Gasteiger partial charge in [0.1, 0.15) is 0 Å². The molecule has 116 valence electrons. The van der Waals surface area contributed by atoms with Crippen molar-refractivity contribution in [1.82, 2.24) is 10.6 Å². The highest BCUT2D eigenvalue weighted by atomic mass is 16.2. The molecule has 0 aromatic heterocycles. The molecule has 3 N–H and O–H groups in total. The minimum absolute atomic E-state index is 0.00180. The number of hydrogen-bond donors (Lipinski definition) is 3. The maximum Gasteiger partial charge on any atom is 0.234 e. The summed E-state index contributed by atoms with van der Waals surface area (Å²) in [5.74, 6) is -0.0572. The topological polar surface area (TPSA) is 70.2 Å². The van der Waals surface area contributed by atoms with Crippen molar-refractivity contribution in [3.05, 3.63) is 29.8 Å². The Morgan fingerprint density at radius 1 is 1.14 bits per heavy atom. The van der Waals surface area contributed by atoms with Crippen molar-refractivity contribution in [3.63, 3.8) is 0 Å². The third kappa shape index (κ3) is 6.90. The molecule has 0 unspecified atom stereocenters. The molecule has 0 aliphatic rings. The molecule has 0 heterocycles. The fourth-order valence-electron chi connectivity index (χ4n) is 1.63. The summed E-state index contributed by atoms with van der Waals surface area (Å²) in [6, 6.07) is 7.49. The van der Waals surface area contributed by atoms with Gasteiger partial charge in [-0.3, -0.25) is 9.59 Å². The lowest BCUT2D eigenvalue weighted by molar-refractivity contribution is -0.120. The van der Waals surface area contributed by atoms with Crippen molar-refractivity contribution >= 4 is 17.5 Å². The minimum atomic E-state index is -0.0421. The normalized spacial score (nSPS) is 10.5. The Bertz CT molecular complexity index is 455. The van der Waals surface area contributed by atoms with Crippen LogP contribution in [0.4, 0.5) is 5.69 Å². The van der Waals surface area contributed by atoms with Crippen LogP contribution in [0.3, 0.4) is 0 Å². The molecule has 0 saturated heterocycles. The molecule has 0 atom stereocenters. The van der Waals surface area contributed by atoms with Crippen molar-refractivity contribution in [2.24, 2.45) is 5.92 Å². The fourth-order valence-corrected chi connectivity index (χ4v) is 1.63. The van der Waals surface area contributed by atoms with E-state index in [-0.39, 0.29) is 17.7 Å². The predicted molar refractivity (Wildman–Crippen MR) is 84.9 cm³/mol. The zero-order valence-electron chi connectivity index (χ0n) is 13.0. The quantitative estimate of drug-likeness (QED) is 0.641. The van der Waals surface area contributed by atoms with Crippen molar-refractivity contribution in [2.75, 3.05) is 18.4 Å². The predicted octanol–water partition coefficient (Wildman–Crippen LogP) is 1.90. The van der Waals surface area contributed by atoms with Crippen molar-refractivity contribution in [2.45, 2.75) is 33.7 Å². The highest BCUT2D eigenvalue weighted by Gasteiger charge is 2.06. The molecule has 5 heteroatoms. The van der Waals surface area contributed by atoms with Crippen LogP contribution in [0.25, 0.3) is 0 Å². The van der Waals surface area contributed by atoms with E-state index in [1.54, 1.807) is 0 Å². The lowest BCUT2D eigenvalue weighted by Crippen LogP contribution is -2.33. The zero-order valence-corrected chi connectivity index (χ0v) is 13.0. The van der Waals surface area contributed by atoms with Crippen LogP contribution in [0, 0.1) is 5.92 Å². The van der Waals surface area contributed by atoms with E-state index in [0.29, 0.717) is 13.1 Å². The van der Waals surface area contributed by atoms with Gasteiger partial charge in [0.25, 0.3) is 0 Å². The highest BCUT2D eigenvalue weighted by Crippen LogP contribution is 2.10. The SMILES string of the molecule is CCCNCC(=O)NCc1ccc(NC(=O)C(C)C)cc1. The summed E-state index contributed by atoms with van der Waals surface area (Å²) in [7, 11) is 0. The summed E-state index contributed by atoms with van der Waals surface area (Å²) in [5, 5.41) is 8.73. The smallest absolute Gasteiger partial charge is 0.234 e. The second-order valence-electron chi connectivity index (χ2n) is 5.29. The summed E-state index contributed by atoms with van der Waals surface area (Å²) in [5.41, 5.74) is 1.77. The molecule has 2 amide bonds. The lowest BCUT2D eigenvalue weighted by Gasteiger charge is -2.09. The number of hydrogen-bond acceptors (Lipinski definition) is 3. The Labute approximate surface area is 126 Å². The molecule has 0 bridgehead atoms. The summed E-state index contributed by atoms with van der Waals surface area (Å²) >= 11 is 0. The molecule has 5 nitrogen and oxygen atoms in total. The number of carbonyl (C=O) groups excluding carboxylic acids is 2. The molecule has 21 heavy (non-hydrogen) atoms. The van der Waals surface area contributed by atoms with Crippen LogP contribution in [0.5, 0.6) is 0 Å². The van der Waals surface area contributed by atoms with Gasteiger partial charge in [-0.2, -0.15) is 0 Å². The van der Waals surface area contributed by atoms with Gasteiger partial charge in [-0.15, -0.1) is 0 Å². The van der Waals surface area contributed by atoms with Crippen molar-refractivity contribution in [1.29, 1.82) is 0 Å². The first-order valence-corrected chi connectivity index (χ1v) is 7.40. The summed E-state index contributed by atoms with van der Waals surface area (Å²) in [6.45, 7) is 7.45. The van der Waals surface area contributed by atoms with E-state index in [1.807, 2.05) is 38.1 Å². The average Bonchev–Trinajstić information content (AvgIpc) is 2.46. The third-order valence-electron chi connectivity index (χ3n) is 2.95. The molecular weight excluding hydrogens is 266 g/mol. The standard InChI is InChI=1S/C16H25N3O2/c1-4-9-17-11-15(20)18-10-13-5-7-14(8-6-13)19-16(21)12(2)3/h5-8,12,17H,4,9-11H2,1-3H3,(H,18,20)(H,19,21). The molecule has 0 aliphatic carbocycles. The molecule has 1 rings (SSSR count). The lowest BCUT2D eigenvalue weighted by atomic mass is 10.1. The zero-order chi connectivity index (χ0) is 15.7. The number of anilines is 1. The second-order valence-corrected chi connectivity index (χ2v) is 5.29. The summed E-state index contributed by atoms with van der Waals surface area (Å²) in [6.07, 6.45) is 1.01. The van der Waals surface area contributed by atoms with Crippen LogP contribution in [0.1, 0.15) is 32.8 Å². The van der Waals surface area contributed by atoms with E-state index < -0.39 is 0 Å². The number of amides is 2. The van der Waals surface area contributed by atoms with Crippen LogP contribution in [0.2, 0.25) is 0 Å². The van der Waals surface area contributed by atoms with Gasteiger partial charge in [-0.05, 0) is 30.7 Å². The summed E-state index contributed by atoms with van der Waals surface area (Å²) < 4.78 is 0. The van der Waals surface area contributed by atoms with Crippen LogP contribution in [-0.2, 0) is 16.1 Å². The van der Waals surface area contributed by atoms with Crippen LogP contribution in [0.15, 0.2) is 24.3 Å². The molecule has 0 fully saturated rings. The highest BCUT2D eigenvalue weighted by molar-refractivity contribution is 5.92. The molecule has 0 aliphatic heterocycles. The molecule has 0 radical (unpaired) electrons. The first-order chi connectivity index (χ1) is 10.0. The van der Waals surface area contributed by atoms with Crippen molar-refractivity contribution in [3.8, 4) is 0 Å². The van der Waals surface area contributed by atoms with E-state index in [4.69, 9.17) is 0 Å². The van der Waals surface area contributed by atoms with Gasteiger partial charge >= 0.3 is 0 Å². The van der Waals surface area contributed by atoms with Gasteiger partial charge in [-0.1, -0.05) is 32.9 Å². The minimum Gasteiger partial charge on any atom is -0.351 e. The van der Waals surface area contributed by atoms with Gasteiger partial charge in [0.2, 0.25) is 11.8 Å². The number of benzene rings is 1. The van der Waals surface area contributed by atoms with E-state index in [9.17, 15) is 9.59 Å². The van der Waals surface area contributed by atoms with Crippen LogP contribution in [-0.4, -0.2) is 24.9 Å². The monoisotopic (exact) mass is 291 g/mol. The molecule has 0 spiro atoms. The molecular formula is C16H25N3O2. The first kappa shape index (κ1) is 17.2. The fraction of sp³-hybridized carbons (Fsp3) is 0.500. The number of carbonyl (C=O) groups is 2. The van der Waals surface area contributed by atoms with Gasteiger partial charge in [0.05, 0.1) is 6.54 Å². The third-order valence-corrected chi connectivity index (χ3v) is 2.95. The van der Waals surface area contributed by atoms with Gasteiger partial charge in [-0.25, -0.2) is 0 Å². The van der Waals surface area contributed by atoms with Crippen LogP contribution >= 0.6 is 0 Å². The Morgan fingerprint density at radius 3 is 2.38 bits per heavy atom. The Balaban J connectivity index is 2.37. The maximum atomic E-state index is 11.6. The van der Waals surface area contributed by atoms with E-state index in [1.165, 1.54) is 0 Å². The van der Waals surface area contributed by atoms with Gasteiger partial charge < -0.3 is 16.0 Å². The second kappa shape index (κ2) is 9.13. The van der Waals surface area contributed by atoms with E-state index in [2.05, 4.69) is 22.9 Å². The summed E-state index contributed by atoms with van der Waals surface area (Å²) in [4.78, 5) is 23.1. The van der Waals surface area contributed by atoms with E-state index in [0.717, 1.165) is 24.2 Å². The van der Waals surface area contributed by atoms with E-state index >= 15 is 0 Å². The molecule has 1 aromatic carbocycles. The molecule has 0 saturated carbocycles. The largest absolute Gasteiger partial charge is 0.351 e. The Hall–Kier alpha value is -1.88. The van der Waals surface area contributed by atoms with Crippen molar-refractivity contribution < 1.29 is 9.59 Å². The van der Waals surface area contributed by atoms with Gasteiger partial charge in [0.15, 0.2) is 0 Å². The first-order valence-electron chi connectivity index (χ1n) is 7.40. The Morgan fingerprint density at radius 2 is 1.81 bits per heavy atom.